The van der Waals surface area contributed by atoms with Crippen molar-refractivity contribution in [2.24, 2.45) is 0 Å². The number of benzene rings is 1. The Labute approximate surface area is 133 Å². The Balaban J connectivity index is 3.21. The molecule has 1 aromatic rings. The molecule has 6 heteroatoms. The Bertz CT molecular complexity index is 565. The van der Waals surface area contributed by atoms with Gasteiger partial charge in [-0.05, 0) is 37.5 Å². The van der Waals surface area contributed by atoms with Gasteiger partial charge in [0.25, 0.3) is 0 Å². The summed E-state index contributed by atoms with van der Waals surface area (Å²) in [5, 5.41) is 0.350. The largest absolute Gasteiger partial charge is 0.398 e. The maximum absolute atomic E-state index is 12.9. The normalized spacial score (nSPS) is 12.0. The molecule has 0 bridgehead atoms. The van der Waals surface area contributed by atoms with Crippen LogP contribution < -0.4 is 5.73 Å². The zero-order valence-corrected chi connectivity index (χ0v) is 14.6. The molecule has 0 aliphatic rings. The number of hydrogen-bond donors (Lipinski definition) is 1. The van der Waals surface area contributed by atoms with Crippen LogP contribution in [0.25, 0.3) is 0 Å². The van der Waals surface area contributed by atoms with Crippen LogP contribution in [0.5, 0.6) is 0 Å². The van der Waals surface area contributed by atoms with Gasteiger partial charge in [0.1, 0.15) is 0 Å². The number of nitrogen functional groups attached to an aromatic ring is 1. The van der Waals surface area contributed by atoms with Crippen molar-refractivity contribution in [3.8, 4) is 0 Å². The predicted molar refractivity (Wildman–Crippen MR) is 89.2 cm³/mol. The molecular weight excluding hydrogens is 308 g/mol. The number of anilines is 1. The summed E-state index contributed by atoms with van der Waals surface area (Å²) in [6.07, 6.45) is 3.60. The highest BCUT2D eigenvalue weighted by Gasteiger charge is 2.26. The van der Waals surface area contributed by atoms with Gasteiger partial charge in [0.2, 0.25) is 10.0 Å². The lowest BCUT2D eigenvalue weighted by Gasteiger charge is -2.23. The van der Waals surface area contributed by atoms with Crippen LogP contribution in [0.4, 0.5) is 5.69 Å². The number of unbranched alkanes of at least 4 members (excludes halogenated alkanes) is 2. The van der Waals surface area contributed by atoms with Crippen molar-refractivity contribution in [3.63, 3.8) is 0 Å². The number of halogens is 1. The minimum atomic E-state index is -3.55. The van der Waals surface area contributed by atoms with Crippen molar-refractivity contribution >= 4 is 27.3 Å². The Hall–Kier alpha value is -0.780. The second kappa shape index (κ2) is 8.01. The first-order valence-electron chi connectivity index (χ1n) is 7.40. The Kier molecular flexibility index (Phi) is 6.97. The van der Waals surface area contributed by atoms with Gasteiger partial charge in [0, 0.05) is 23.8 Å². The monoisotopic (exact) mass is 332 g/mol. The first kappa shape index (κ1) is 18.3. The van der Waals surface area contributed by atoms with E-state index in [1.54, 1.807) is 17.3 Å². The number of nitrogens with zero attached hydrogens (tertiary/aromatic N) is 1. The molecular formula is C15H25ClN2O2S. The average Bonchev–Trinajstić information content (AvgIpc) is 2.42. The molecule has 0 radical (unpaired) electrons. The van der Waals surface area contributed by atoms with Crippen molar-refractivity contribution in [3.05, 3.63) is 22.7 Å². The van der Waals surface area contributed by atoms with E-state index in [2.05, 4.69) is 0 Å². The van der Waals surface area contributed by atoms with Crippen LogP contribution in [0.1, 0.15) is 45.1 Å². The number of rotatable bonds is 8. The molecule has 0 saturated carbocycles. The van der Waals surface area contributed by atoms with Crippen LogP contribution in [0.2, 0.25) is 5.02 Å². The molecule has 0 spiro atoms. The van der Waals surface area contributed by atoms with E-state index in [1.807, 2.05) is 13.8 Å². The van der Waals surface area contributed by atoms with Crippen molar-refractivity contribution in [2.45, 2.75) is 51.3 Å². The molecule has 1 aromatic carbocycles. The lowest BCUT2D eigenvalue weighted by Crippen LogP contribution is -2.33. The summed E-state index contributed by atoms with van der Waals surface area (Å²) >= 11 is 5.98. The molecule has 4 nitrogen and oxygen atoms in total. The van der Waals surface area contributed by atoms with Gasteiger partial charge >= 0.3 is 0 Å². The quantitative estimate of drug-likeness (QED) is 0.736. The fourth-order valence-corrected chi connectivity index (χ4v) is 4.19. The fraction of sp³-hybridized carbons (Fsp3) is 0.600. The Morgan fingerprint density at radius 1 is 1.14 bits per heavy atom. The van der Waals surface area contributed by atoms with Crippen LogP contribution in [0.15, 0.2) is 17.0 Å². The lowest BCUT2D eigenvalue weighted by atomic mass is 10.2. The Morgan fingerprint density at radius 2 is 1.67 bits per heavy atom. The molecule has 21 heavy (non-hydrogen) atoms. The third kappa shape index (κ3) is 4.59. The summed E-state index contributed by atoms with van der Waals surface area (Å²) in [4.78, 5) is 0.222. The van der Waals surface area contributed by atoms with Gasteiger partial charge in [-0.1, -0.05) is 38.3 Å². The molecule has 120 valence electrons. The van der Waals surface area contributed by atoms with E-state index in [4.69, 9.17) is 17.3 Å². The summed E-state index contributed by atoms with van der Waals surface area (Å²) in [5.74, 6) is 0. The van der Waals surface area contributed by atoms with Crippen molar-refractivity contribution in [1.82, 2.24) is 4.31 Å². The first-order chi connectivity index (χ1) is 9.84. The van der Waals surface area contributed by atoms with Gasteiger partial charge in [-0.25, -0.2) is 8.42 Å². The Morgan fingerprint density at radius 3 is 2.14 bits per heavy atom. The maximum Gasteiger partial charge on any atom is 0.243 e. The predicted octanol–water partition coefficient (Wildman–Crippen LogP) is 3.82. The van der Waals surface area contributed by atoms with Gasteiger partial charge in [-0.3, -0.25) is 0 Å². The lowest BCUT2D eigenvalue weighted by molar-refractivity contribution is 0.395. The highest BCUT2D eigenvalue weighted by molar-refractivity contribution is 7.89. The SMILES string of the molecule is CCCCN(CCCC)S(=O)(=O)c1cc(Cl)cc(N)c1C. The molecule has 0 aromatic heterocycles. The second-order valence-corrected chi connectivity index (χ2v) is 7.57. The standard InChI is InChI=1S/C15H25ClN2O2S/c1-4-6-8-18(9-7-5-2)21(19,20)15-11-13(16)10-14(17)12(15)3/h10-11H,4-9,17H2,1-3H3. The highest BCUT2D eigenvalue weighted by Crippen LogP contribution is 2.28. The van der Waals surface area contributed by atoms with E-state index >= 15 is 0 Å². The van der Waals surface area contributed by atoms with Crippen molar-refractivity contribution < 1.29 is 8.42 Å². The molecule has 2 N–H and O–H groups in total. The smallest absolute Gasteiger partial charge is 0.243 e. The number of nitrogens with two attached hydrogens (primary N) is 1. The number of sulfonamides is 1. The molecule has 0 unspecified atom stereocenters. The van der Waals surface area contributed by atoms with Gasteiger partial charge < -0.3 is 5.73 Å². The van der Waals surface area contributed by atoms with E-state index in [0.717, 1.165) is 25.7 Å². The van der Waals surface area contributed by atoms with Gasteiger partial charge in [0.15, 0.2) is 0 Å². The summed E-state index contributed by atoms with van der Waals surface area (Å²) < 4.78 is 27.3. The third-order valence-electron chi connectivity index (χ3n) is 3.50. The van der Waals surface area contributed by atoms with Crippen LogP contribution in [0, 0.1) is 6.92 Å². The van der Waals surface area contributed by atoms with Crippen molar-refractivity contribution in [2.75, 3.05) is 18.8 Å². The maximum atomic E-state index is 12.9. The summed E-state index contributed by atoms with van der Waals surface area (Å²) in [7, 11) is -3.55. The van der Waals surface area contributed by atoms with Crippen LogP contribution in [0.3, 0.4) is 0 Å². The van der Waals surface area contributed by atoms with E-state index in [1.165, 1.54) is 6.07 Å². The average molecular weight is 333 g/mol. The minimum absolute atomic E-state index is 0.222. The van der Waals surface area contributed by atoms with Crippen LogP contribution >= 0.6 is 11.6 Å². The number of hydrogen-bond acceptors (Lipinski definition) is 3. The van der Waals surface area contributed by atoms with Gasteiger partial charge in [-0.15, -0.1) is 0 Å². The van der Waals surface area contributed by atoms with Crippen LogP contribution in [-0.2, 0) is 10.0 Å². The summed E-state index contributed by atoms with van der Waals surface area (Å²) in [6.45, 7) is 6.88. The van der Waals surface area contributed by atoms with Gasteiger partial charge in [-0.2, -0.15) is 4.31 Å². The molecule has 0 fully saturated rings. The third-order valence-corrected chi connectivity index (χ3v) is 5.75. The summed E-state index contributed by atoms with van der Waals surface area (Å²) in [6, 6.07) is 3.08. The molecule has 0 atom stereocenters. The molecule has 0 heterocycles. The van der Waals surface area contributed by atoms with E-state index < -0.39 is 10.0 Å². The first-order valence-corrected chi connectivity index (χ1v) is 9.22. The summed E-state index contributed by atoms with van der Waals surface area (Å²) in [5.41, 5.74) is 6.83. The van der Waals surface area contributed by atoms with Crippen molar-refractivity contribution in [1.29, 1.82) is 0 Å². The fourth-order valence-electron chi connectivity index (χ4n) is 2.10. The molecule has 0 amide bonds. The highest BCUT2D eigenvalue weighted by atomic mass is 35.5. The van der Waals surface area contributed by atoms with E-state index in [-0.39, 0.29) is 4.90 Å². The zero-order valence-electron chi connectivity index (χ0n) is 13.0. The minimum Gasteiger partial charge on any atom is -0.398 e. The zero-order chi connectivity index (χ0) is 16.0. The molecule has 1 rings (SSSR count). The van der Waals surface area contributed by atoms with Gasteiger partial charge in [0.05, 0.1) is 4.90 Å². The molecule has 0 saturated heterocycles. The molecule has 0 aliphatic carbocycles. The second-order valence-electron chi connectivity index (χ2n) is 5.23. The molecule has 0 aliphatic heterocycles. The topological polar surface area (TPSA) is 63.4 Å². The van der Waals surface area contributed by atoms with E-state index in [0.29, 0.717) is 29.4 Å². The van der Waals surface area contributed by atoms with Crippen LogP contribution in [-0.4, -0.2) is 25.8 Å². The van der Waals surface area contributed by atoms with E-state index in [9.17, 15) is 8.42 Å².